The maximum Gasteiger partial charge on any atom is 0.345 e. The van der Waals surface area contributed by atoms with Gasteiger partial charge in [0.25, 0.3) is 0 Å². The van der Waals surface area contributed by atoms with Gasteiger partial charge in [-0.3, -0.25) is 0 Å². The number of hydrogen-bond donors (Lipinski definition) is 0. The van der Waals surface area contributed by atoms with Crippen molar-refractivity contribution < 1.29 is 14.3 Å². The zero-order valence-corrected chi connectivity index (χ0v) is 8.67. The summed E-state index contributed by atoms with van der Waals surface area (Å²) in [4.78, 5) is 15.3. The van der Waals surface area contributed by atoms with E-state index in [1.807, 2.05) is 0 Å². The molecule has 0 aromatic carbocycles. The van der Waals surface area contributed by atoms with Gasteiger partial charge in [0.15, 0.2) is 0 Å². The number of nitrogens with zero attached hydrogens (tertiary/aromatic N) is 1. The smallest absolute Gasteiger partial charge is 0.345 e. The molecule has 0 fully saturated rings. The van der Waals surface area contributed by atoms with Crippen LogP contribution in [0, 0.1) is 0 Å². The number of carbonyl (C=O) groups is 1. The number of carbonyl (C=O) groups excluding carboxylic acids is 1. The van der Waals surface area contributed by atoms with E-state index in [0.717, 1.165) is 0 Å². The number of methoxy groups -OCH3 is 1. The van der Waals surface area contributed by atoms with Gasteiger partial charge in [0.2, 0.25) is 5.88 Å². The van der Waals surface area contributed by atoms with Crippen molar-refractivity contribution in [1.29, 1.82) is 0 Å². The summed E-state index contributed by atoms with van der Waals surface area (Å²) in [6, 6.07) is 1.51. The molecule has 1 aromatic rings. The third kappa shape index (κ3) is 2.14. The van der Waals surface area contributed by atoms with Gasteiger partial charge in [-0.2, -0.15) is 0 Å². The Kier molecular flexibility index (Phi) is 3.71. The molecule has 0 unspecified atom stereocenters. The highest BCUT2D eigenvalue weighted by Gasteiger charge is 2.18. The van der Waals surface area contributed by atoms with E-state index in [0.29, 0.717) is 0 Å². The van der Waals surface area contributed by atoms with Crippen LogP contribution in [0.4, 0.5) is 0 Å². The van der Waals surface area contributed by atoms with Crippen molar-refractivity contribution in [3.63, 3.8) is 0 Å². The Bertz CT molecular complexity index is 341. The Morgan fingerprint density at radius 2 is 2.36 bits per heavy atom. The molecule has 4 nitrogen and oxygen atoms in total. The number of esters is 1. The first kappa shape index (κ1) is 10.8. The molecule has 0 atom stereocenters. The fourth-order valence-corrected chi connectivity index (χ4v) is 1.18. The highest BCUT2D eigenvalue weighted by Crippen LogP contribution is 2.24. The maximum atomic E-state index is 11.4. The van der Waals surface area contributed by atoms with Gasteiger partial charge in [-0.15, -0.1) is 0 Å². The van der Waals surface area contributed by atoms with Crippen LogP contribution in [0.5, 0.6) is 5.88 Å². The molecule has 1 rings (SSSR count). The standard InChI is InChI=1S/C9H10ClNO3/c1-3-14-9(12)7-6(10)4-5-11-8(7)13-2/h4-5H,3H2,1-2H3. The topological polar surface area (TPSA) is 48.4 Å². The lowest BCUT2D eigenvalue weighted by molar-refractivity contribution is 0.0522. The van der Waals surface area contributed by atoms with Crippen molar-refractivity contribution in [1.82, 2.24) is 4.98 Å². The number of rotatable bonds is 3. The van der Waals surface area contributed by atoms with E-state index >= 15 is 0 Å². The highest BCUT2D eigenvalue weighted by molar-refractivity contribution is 6.33. The number of ether oxygens (including phenoxy) is 2. The molecule has 0 amide bonds. The molecule has 0 aliphatic heterocycles. The molecule has 0 aliphatic rings. The van der Waals surface area contributed by atoms with E-state index in [1.54, 1.807) is 6.92 Å². The molecule has 0 aliphatic carbocycles. The van der Waals surface area contributed by atoms with Crippen molar-refractivity contribution in [3.05, 3.63) is 22.8 Å². The lowest BCUT2D eigenvalue weighted by atomic mass is 10.3. The quantitative estimate of drug-likeness (QED) is 0.723. The largest absolute Gasteiger partial charge is 0.480 e. The van der Waals surface area contributed by atoms with Gasteiger partial charge in [-0.25, -0.2) is 9.78 Å². The minimum Gasteiger partial charge on any atom is -0.480 e. The Balaban J connectivity index is 3.10. The molecule has 0 spiro atoms. The van der Waals surface area contributed by atoms with Crippen LogP contribution in [-0.2, 0) is 4.74 Å². The predicted octanol–water partition coefficient (Wildman–Crippen LogP) is 1.92. The van der Waals surface area contributed by atoms with Crippen molar-refractivity contribution in [3.8, 4) is 5.88 Å². The average molecular weight is 216 g/mol. The zero-order valence-electron chi connectivity index (χ0n) is 7.91. The Labute approximate surface area is 86.8 Å². The molecule has 0 radical (unpaired) electrons. The van der Waals surface area contributed by atoms with Gasteiger partial charge in [-0.05, 0) is 13.0 Å². The van der Waals surface area contributed by atoms with E-state index < -0.39 is 5.97 Å². The third-order valence-electron chi connectivity index (χ3n) is 1.54. The summed E-state index contributed by atoms with van der Waals surface area (Å²) < 4.78 is 9.71. The van der Waals surface area contributed by atoms with Crippen LogP contribution < -0.4 is 4.74 Å². The lowest BCUT2D eigenvalue weighted by Crippen LogP contribution is -2.08. The minimum atomic E-state index is -0.526. The van der Waals surface area contributed by atoms with E-state index in [2.05, 4.69) is 4.98 Å². The van der Waals surface area contributed by atoms with Crippen molar-refractivity contribution in [2.45, 2.75) is 6.92 Å². The summed E-state index contributed by atoms with van der Waals surface area (Å²) in [6.07, 6.45) is 1.46. The van der Waals surface area contributed by atoms with Crippen molar-refractivity contribution >= 4 is 17.6 Å². The van der Waals surface area contributed by atoms with E-state index in [1.165, 1.54) is 19.4 Å². The monoisotopic (exact) mass is 215 g/mol. The highest BCUT2D eigenvalue weighted by atomic mass is 35.5. The normalized spacial score (nSPS) is 9.64. The van der Waals surface area contributed by atoms with Gasteiger partial charge in [0, 0.05) is 6.20 Å². The van der Waals surface area contributed by atoms with E-state index in [9.17, 15) is 4.79 Å². The maximum absolute atomic E-state index is 11.4. The van der Waals surface area contributed by atoms with Gasteiger partial charge in [0.1, 0.15) is 5.56 Å². The Morgan fingerprint density at radius 3 is 2.93 bits per heavy atom. The van der Waals surface area contributed by atoms with Crippen LogP contribution in [-0.4, -0.2) is 24.7 Å². The summed E-state index contributed by atoms with van der Waals surface area (Å²) in [6.45, 7) is 2.00. The van der Waals surface area contributed by atoms with Crippen LogP contribution in [0.2, 0.25) is 5.02 Å². The molecular weight excluding hydrogens is 206 g/mol. The molecule has 14 heavy (non-hydrogen) atoms. The zero-order chi connectivity index (χ0) is 10.6. The van der Waals surface area contributed by atoms with E-state index in [4.69, 9.17) is 21.1 Å². The molecule has 0 saturated carbocycles. The van der Waals surface area contributed by atoms with Gasteiger partial charge < -0.3 is 9.47 Å². The second-order valence-corrected chi connectivity index (χ2v) is 2.80. The van der Waals surface area contributed by atoms with Crippen LogP contribution >= 0.6 is 11.6 Å². The summed E-state index contributed by atoms with van der Waals surface area (Å²) in [5, 5.41) is 0.273. The molecule has 0 saturated heterocycles. The predicted molar refractivity (Wildman–Crippen MR) is 51.8 cm³/mol. The molecule has 5 heteroatoms. The Hall–Kier alpha value is -1.29. The molecule has 1 aromatic heterocycles. The van der Waals surface area contributed by atoms with Crippen LogP contribution in [0.25, 0.3) is 0 Å². The molecule has 0 bridgehead atoms. The lowest BCUT2D eigenvalue weighted by Gasteiger charge is -2.07. The summed E-state index contributed by atoms with van der Waals surface area (Å²) in [5.74, 6) is -0.349. The van der Waals surface area contributed by atoms with Crippen molar-refractivity contribution in [2.75, 3.05) is 13.7 Å². The number of hydrogen-bond acceptors (Lipinski definition) is 4. The first-order valence-electron chi connectivity index (χ1n) is 4.06. The summed E-state index contributed by atoms with van der Waals surface area (Å²) in [7, 11) is 1.42. The number of pyridine rings is 1. The second-order valence-electron chi connectivity index (χ2n) is 2.40. The number of halogens is 1. The number of aromatic nitrogens is 1. The summed E-state index contributed by atoms with van der Waals surface area (Å²) in [5.41, 5.74) is 0.165. The first-order valence-corrected chi connectivity index (χ1v) is 4.44. The first-order chi connectivity index (χ1) is 6.70. The van der Waals surface area contributed by atoms with Gasteiger partial charge in [-0.1, -0.05) is 11.6 Å². The van der Waals surface area contributed by atoms with Gasteiger partial charge in [0.05, 0.1) is 18.7 Å². The molecule has 0 N–H and O–H groups in total. The van der Waals surface area contributed by atoms with Crippen LogP contribution in [0.1, 0.15) is 17.3 Å². The van der Waals surface area contributed by atoms with Crippen molar-refractivity contribution in [2.24, 2.45) is 0 Å². The molecule has 1 heterocycles. The SMILES string of the molecule is CCOC(=O)c1c(Cl)ccnc1OC. The molecule has 76 valence electrons. The fraction of sp³-hybridized carbons (Fsp3) is 0.333. The molecular formula is C9H10ClNO3. The average Bonchev–Trinajstić information content (AvgIpc) is 2.17. The fourth-order valence-electron chi connectivity index (χ4n) is 0.963. The van der Waals surface area contributed by atoms with Gasteiger partial charge >= 0.3 is 5.97 Å². The van der Waals surface area contributed by atoms with Crippen LogP contribution in [0.3, 0.4) is 0 Å². The van der Waals surface area contributed by atoms with E-state index in [-0.39, 0.29) is 23.1 Å². The van der Waals surface area contributed by atoms with Crippen LogP contribution in [0.15, 0.2) is 12.3 Å². The second kappa shape index (κ2) is 4.81. The Morgan fingerprint density at radius 1 is 1.64 bits per heavy atom. The summed E-state index contributed by atoms with van der Waals surface area (Å²) >= 11 is 5.82. The minimum absolute atomic E-state index is 0.165. The third-order valence-corrected chi connectivity index (χ3v) is 1.85.